The van der Waals surface area contributed by atoms with E-state index in [1.54, 1.807) is 25.4 Å². The Hall–Kier alpha value is -4.35. The number of thioether (sulfide) groups is 1. The van der Waals surface area contributed by atoms with Gasteiger partial charge in [0.25, 0.3) is 0 Å². The maximum atomic E-state index is 13.3. The van der Waals surface area contributed by atoms with Crippen molar-refractivity contribution in [2.45, 2.75) is 19.4 Å². The Morgan fingerprint density at radius 2 is 1.76 bits per heavy atom. The van der Waals surface area contributed by atoms with Crippen molar-refractivity contribution >= 4 is 29.4 Å². The smallest absolute Gasteiger partial charge is 0.337 e. The molecular weight excluding hydrogens is 486 g/mol. The number of dihydropyridines is 1. The van der Waals surface area contributed by atoms with E-state index in [-0.39, 0.29) is 19.0 Å². The SMILES string of the molecule is CCOC(=O)C1=C(c2ccccc2)NC(SCC(=O)OCc2ccccc2)=C(C#N)[C@@H]1c1cccnc1. The highest BCUT2D eigenvalue weighted by Crippen LogP contribution is 2.43. The molecule has 0 spiro atoms. The minimum absolute atomic E-state index is 0.0169. The highest BCUT2D eigenvalue weighted by Gasteiger charge is 2.37. The number of hydrogen-bond acceptors (Lipinski definition) is 8. The molecule has 1 aliphatic rings. The second kappa shape index (κ2) is 12.6. The molecule has 2 heterocycles. The number of aromatic nitrogens is 1. The first-order valence-corrected chi connectivity index (χ1v) is 12.7. The Kier molecular flexibility index (Phi) is 8.74. The number of nitrogens with zero attached hydrogens (tertiary/aromatic N) is 2. The van der Waals surface area contributed by atoms with Crippen molar-refractivity contribution in [3.63, 3.8) is 0 Å². The molecule has 8 heteroatoms. The molecule has 1 aliphatic heterocycles. The third-order valence-electron chi connectivity index (χ3n) is 5.60. The lowest BCUT2D eigenvalue weighted by molar-refractivity contribution is -0.141. The molecular formula is C29H25N3O4S. The fourth-order valence-corrected chi connectivity index (χ4v) is 4.79. The summed E-state index contributed by atoms with van der Waals surface area (Å²) in [7, 11) is 0. The van der Waals surface area contributed by atoms with Gasteiger partial charge in [0.1, 0.15) is 6.61 Å². The minimum Gasteiger partial charge on any atom is -0.463 e. The molecule has 0 amide bonds. The van der Waals surface area contributed by atoms with Crippen molar-refractivity contribution in [3.05, 3.63) is 118 Å². The van der Waals surface area contributed by atoms with Gasteiger partial charge in [-0.25, -0.2) is 4.79 Å². The van der Waals surface area contributed by atoms with Crippen molar-refractivity contribution in [3.8, 4) is 6.07 Å². The van der Waals surface area contributed by atoms with Gasteiger partial charge in [0.2, 0.25) is 0 Å². The molecule has 0 saturated carbocycles. The summed E-state index contributed by atoms with van der Waals surface area (Å²) in [6, 6.07) is 24.6. The first kappa shape index (κ1) is 25.7. The van der Waals surface area contributed by atoms with Crippen molar-refractivity contribution in [2.24, 2.45) is 0 Å². The van der Waals surface area contributed by atoms with Crippen LogP contribution in [0.1, 0.15) is 29.5 Å². The minimum atomic E-state index is -0.725. The van der Waals surface area contributed by atoms with Gasteiger partial charge >= 0.3 is 11.9 Å². The molecule has 1 aromatic heterocycles. The first-order valence-electron chi connectivity index (χ1n) is 11.7. The number of benzene rings is 2. The van der Waals surface area contributed by atoms with Crippen LogP contribution in [0.25, 0.3) is 5.70 Å². The van der Waals surface area contributed by atoms with Crippen molar-refractivity contribution in [1.29, 1.82) is 5.26 Å². The number of esters is 2. The number of carbonyl (C=O) groups excluding carboxylic acids is 2. The molecule has 0 aliphatic carbocycles. The van der Waals surface area contributed by atoms with Crippen LogP contribution in [0.4, 0.5) is 0 Å². The number of hydrogen-bond donors (Lipinski definition) is 1. The van der Waals surface area contributed by atoms with Crippen LogP contribution in [0.15, 0.2) is 101 Å². The number of allylic oxidation sites excluding steroid dienone is 1. The van der Waals surface area contributed by atoms with Gasteiger partial charge in [0, 0.05) is 12.4 Å². The number of carbonyl (C=O) groups is 2. The molecule has 1 atom stereocenters. The molecule has 0 radical (unpaired) electrons. The zero-order valence-corrected chi connectivity index (χ0v) is 21.0. The number of pyridine rings is 1. The van der Waals surface area contributed by atoms with Crippen molar-refractivity contribution < 1.29 is 19.1 Å². The van der Waals surface area contributed by atoms with E-state index in [9.17, 15) is 14.9 Å². The highest BCUT2D eigenvalue weighted by atomic mass is 32.2. The highest BCUT2D eigenvalue weighted by molar-refractivity contribution is 8.03. The van der Waals surface area contributed by atoms with Gasteiger partial charge in [-0.05, 0) is 29.7 Å². The molecule has 4 rings (SSSR count). The van der Waals surface area contributed by atoms with E-state index in [1.165, 1.54) is 0 Å². The summed E-state index contributed by atoms with van der Waals surface area (Å²) in [5.41, 5.74) is 3.44. The van der Waals surface area contributed by atoms with Gasteiger partial charge in [0.15, 0.2) is 0 Å². The van der Waals surface area contributed by atoms with Gasteiger partial charge in [-0.15, -0.1) is 0 Å². The summed E-state index contributed by atoms with van der Waals surface area (Å²) in [5, 5.41) is 14.0. The third kappa shape index (κ3) is 6.26. The van der Waals surface area contributed by atoms with Gasteiger partial charge in [0.05, 0.1) is 46.2 Å². The Bertz CT molecular complexity index is 1350. The average Bonchev–Trinajstić information content (AvgIpc) is 2.95. The van der Waals surface area contributed by atoms with Crippen LogP contribution in [-0.2, 0) is 25.7 Å². The van der Waals surface area contributed by atoms with E-state index in [0.29, 0.717) is 27.4 Å². The summed E-state index contributed by atoms with van der Waals surface area (Å²) in [6.45, 7) is 2.09. The van der Waals surface area contributed by atoms with E-state index in [1.807, 2.05) is 66.7 Å². The van der Waals surface area contributed by atoms with E-state index in [0.717, 1.165) is 22.9 Å². The lowest BCUT2D eigenvalue weighted by Gasteiger charge is -2.30. The monoisotopic (exact) mass is 511 g/mol. The molecule has 0 fully saturated rings. The van der Waals surface area contributed by atoms with Gasteiger partial charge in [-0.2, -0.15) is 5.26 Å². The summed E-state index contributed by atoms with van der Waals surface area (Å²) in [5.74, 6) is -1.68. The first-order chi connectivity index (χ1) is 18.1. The van der Waals surface area contributed by atoms with E-state index >= 15 is 0 Å². The zero-order valence-electron chi connectivity index (χ0n) is 20.2. The molecule has 7 nitrogen and oxygen atoms in total. The standard InChI is InChI=1S/C29H25N3O4S/c1-2-35-29(34)26-25(22-14-9-15-31-17-22)23(16-30)28(32-27(26)21-12-7-4-8-13-21)37-19-24(33)36-18-20-10-5-3-6-11-20/h3-15,17,25,32H,2,18-19H2,1H3/t25-/m0/s1. The number of nitrogens with one attached hydrogen (secondary N) is 1. The number of rotatable bonds is 9. The molecule has 0 bridgehead atoms. The van der Waals surface area contributed by atoms with Crippen LogP contribution in [0.3, 0.4) is 0 Å². The molecule has 2 aromatic carbocycles. The average molecular weight is 512 g/mol. The predicted molar refractivity (Wildman–Crippen MR) is 141 cm³/mol. The summed E-state index contributed by atoms with van der Waals surface area (Å²) < 4.78 is 10.8. The molecule has 37 heavy (non-hydrogen) atoms. The fourth-order valence-electron chi connectivity index (χ4n) is 3.95. The largest absolute Gasteiger partial charge is 0.463 e. The van der Waals surface area contributed by atoms with Crippen LogP contribution in [-0.4, -0.2) is 29.3 Å². The summed E-state index contributed by atoms with van der Waals surface area (Å²) >= 11 is 1.16. The Balaban J connectivity index is 1.69. The van der Waals surface area contributed by atoms with Crippen LogP contribution >= 0.6 is 11.8 Å². The van der Waals surface area contributed by atoms with Crippen molar-refractivity contribution in [1.82, 2.24) is 10.3 Å². The Labute approximate surface area is 219 Å². The Morgan fingerprint density at radius 1 is 1.03 bits per heavy atom. The summed E-state index contributed by atoms with van der Waals surface area (Å²) in [6.07, 6.45) is 3.26. The molecule has 1 N–H and O–H groups in total. The Morgan fingerprint density at radius 3 is 2.41 bits per heavy atom. The van der Waals surface area contributed by atoms with Gasteiger partial charge in [-0.1, -0.05) is 78.5 Å². The van der Waals surface area contributed by atoms with E-state index in [4.69, 9.17) is 9.47 Å². The number of nitriles is 1. The lowest BCUT2D eigenvalue weighted by atomic mass is 9.82. The summed E-state index contributed by atoms with van der Waals surface area (Å²) in [4.78, 5) is 30.0. The van der Waals surface area contributed by atoms with E-state index in [2.05, 4.69) is 16.4 Å². The zero-order chi connectivity index (χ0) is 26.0. The topological polar surface area (TPSA) is 101 Å². The van der Waals surface area contributed by atoms with Gasteiger partial charge in [-0.3, -0.25) is 9.78 Å². The van der Waals surface area contributed by atoms with Crippen LogP contribution in [0.2, 0.25) is 0 Å². The quantitative estimate of drug-likeness (QED) is 0.403. The maximum absolute atomic E-state index is 13.3. The van der Waals surface area contributed by atoms with Crippen LogP contribution in [0.5, 0.6) is 0 Å². The molecule has 186 valence electrons. The second-order valence-corrected chi connectivity index (χ2v) is 8.99. The van der Waals surface area contributed by atoms with Crippen molar-refractivity contribution in [2.75, 3.05) is 12.4 Å². The molecule has 0 saturated heterocycles. The molecule has 0 unspecified atom stereocenters. The maximum Gasteiger partial charge on any atom is 0.337 e. The van der Waals surface area contributed by atoms with E-state index < -0.39 is 17.9 Å². The van der Waals surface area contributed by atoms with Gasteiger partial charge < -0.3 is 14.8 Å². The van der Waals surface area contributed by atoms with Crippen LogP contribution in [0, 0.1) is 11.3 Å². The fraction of sp³-hybridized carbons (Fsp3) is 0.172. The normalized spacial score (nSPS) is 15.0. The van der Waals surface area contributed by atoms with Crippen LogP contribution < -0.4 is 5.32 Å². The second-order valence-electron chi connectivity index (χ2n) is 8.01. The lowest BCUT2D eigenvalue weighted by Crippen LogP contribution is -2.29. The predicted octanol–water partition coefficient (Wildman–Crippen LogP) is 4.95. The number of ether oxygens (including phenoxy) is 2. The third-order valence-corrected chi connectivity index (χ3v) is 6.59. The molecule has 3 aromatic rings.